The van der Waals surface area contributed by atoms with E-state index in [4.69, 9.17) is 9.15 Å². The summed E-state index contributed by atoms with van der Waals surface area (Å²) in [5, 5.41) is 0.749. The third-order valence-electron chi connectivity index (χ3n) is 1.26. The molecule has 0 bridgehead atoms. The second-order valence-corrected chi connectivity index (χ2v) is 2.50. The molecule has 0 aliphatic rings. The molecule has 0 atom stereocenters. The van der Waals surface area contributed by atoms with E-state index < -0.39 is 0 Å². The van der Waals surface area contributed by atoms with Crippen molar-refractivity contribution in [2.24, 2.45) is 0 Å². The third kappa shape index (κ3) is 1.61. The quantitative estimate of drug-likeness (QED) is 0.706. The fourth-order valence-electron chi connectivity index (χ4n) is 0.768. The first-order valence-electron chi connectivity index (χ1n) is 2.98. The zero-order valence-corrected chi connectivity index (χ0v) is 7.35. The number of ether oxygens (including phenoxy) is 1. The van der Waals surface area contributed by atoms with Gasteiger partial charge >= 0.3 is 0 Å². The van der Waals surface area contributed by atoms with Crippen LogP contribution in [0.15, 0.2) is 16.7 Å². The van der Waals surface area contributed by atoms with E-state index in [9.17, 15) is 0 Å². The van der Waals surface area contributed by atoms with Crippen molar-refractivity contribution in [3.63, 3.8) is 0 Å². The number of furan rings is 1. The van der Waals surface area contributed by atoms with Crippen LogP contribution in [0.4, 0.5) is 0 Å². The van der Waals surface area contributed by atoms with Crippen LogP contribution in [0.25, 0.3) is 0 Å². The molecule has 0 aromatic carbocycles. The lowest BCUT2D eigenvalue weighted by Gasteiger charge is -1.95. The van der Waals surface area contributed by atoms with Gasteiger partial charge in [0, 0.05) is 12.7 Å². The Balaban J connectivity index is 2.70. The number of hydrogen-bond donors (Lipinski definition) is 0. The summed E-state index contributed by atoms with van der Waals surface area (Å²) in [6.45, 7) is 0.622. The molecule has 10 heavy (non-hydrogen) atoms. The summed E-state index contributed by atoms with van der Waals surface area (Å²) < 4.78 is 10.1. The number of rotatable bonds is 3. The average Bonchev–Trinajstić information content (AvgIpc) is 2.36. The minimum Gasteiger partial charge on any atom is -0.468 e. The molecule has 0 saturated carbocycles. The molecule has 0 fully saturated rings. The summed E-state index contributed by atoms with van der Waals surface area (Å²) in [4.78, 5) is 0. The van der Waals surface area contributed by atoms with Crippen molar-refractivity contribution in [1.82, 2.24) is 0 Å². The van der Waals surface area contributed by atoms with E-state index in [2.05, 4.69) is 15.9 Å². The molecule has 0 radical (unpaired) electrons. The summed E-state index contributed by atoms with van der Waals surface area (Å²) in [5.41, 5.74) is 1.11. The van der Waals surface area contributed by atoms with Crippen LogP contribution in [0.1, 0.15) is 11.3 Å². The minimum atomic E-state index is 0.622. The predicted molar refractivity (Wildman–Crippen MR) is 42.1 cm³/mol. The molecule has 3 heteroatoms. The molecule has 1 aromatic rings. The normalized spacial score (nSPS) is 10.2. The number of hydrogen-bond acceptors (Lipinski definition) is 2. The van der Waals surface area contributed by atoms with Gasteiger partial charge in [0.15, 0.2) is 0 Å². The zero-order valence-electron chi connectivity index (χ0n) is 5.76. The summed E-state index contributed by atoms with van der Waals surface area (Å²) in [6.07, 6.45) is 1.67. The molecule has 1 aromatic heterocycles. The highest BCUT2D eigenvalue weighted by Crippen LogP contribution is 2.14. The van der Waals surface area contributed by atoms with Crippen LogP contribution in [0.2, 0.25) is 0 Å². The Kier molecular flexibility index (Phi) is 2.96. The highest BCUT2D eigenvalue weighted by Gasteiger charge is 2.02. The van der Waals surface area contributed by atoms with Crippen LogP contribution in [-0.4, -0.2) is 7.11 Å². The average molecular weight is 205 g/mol. The molecule has 0 saturated heterocycles. The maximum absolute atomic E-state index is 5.14. The van der Waals surface area contributed by atoms with Crippen molar-refractivity contribution in [3.05, 3.63) is 23.7 Å². The second-order valence-electron chi connectivity index (χ2n) is 1.94. The van der Waals surface area contributed by atoms with Gasteiger partial charge in [-0.2, -0.15) is 0 Å². The topological polar surface area (TPSA) is 22.4 Å². The molecule has 0 aliphatic heterocycles. The highest BCUT2D eigenvalue weighted by molar-refractivity contribution is 9.08. The summed E-state index contributed by atoms with van der Waals surface area (Å²) in [7, 11) is 1.67. The van der Waals surface area contributed by atoms with Crippen molar-refractivity contribution in [3.8, 4) is 0 Å². The molecule has 1 heterocycles. The van der Waals surface area contributed by atoms with Gasteiger partial charge < -0.3 is 9.15 Å². The maximum Gasteiger partial charge on any atom is 0.119 e. The Morgan fingerprint density at radius 3 is 3.10 bits per heavy atom. The smallest absolute Gasteiger partial charge is 0.119 e. The molecular formula is C7H9BrO2. The van der Waals surface area contributed by atoms with E-state index in [1.54, 1.807) is 13.4 Å². The van der Waals surface area contributed by atoms with Crippen LogP contribution in [-0.2, 0) is 16.7 Å². The van der Waals surface area contributed by atoms with Gasteiger partial charge in [0.05, 0.1) is 18.2 Å². The largest absolute Gasteiger partial charge is 0.468 e. The first kappa shape index (κ1) is 7.82. The predicted octanol–water partition coefficient (Wildman–Crippen LogP) is 2.32. The molecule has 56 valence electrons. The van der Waals surface area contributed by atoms with Crippen LogP contribution < -0.4 is 0 Å². The van der Waals surface area contributed by atoms with Crippen LogP contribution in [0, 0.1) is 0 Å². The van der Waals surface area contributed by atoms with Crippen molar-refractivity contribution in [1.29, 1.82) is 0 Å². The molecule has 0 amide bonds. The van der Waals surface area contributed by atoms with E-state index in [1.165, 1.54) is 0 Å². The standard InChI is InChI=1S/C7H9BrO2/c1-9-5-6-2-3-10-7(6)4-8/h2-3H,4-5H2,1H3. The van der Waals surface area contributed by atoms with Gasteiger partial charge in [0.25, 0.3) is 0 Å². The van der Waals surface area contributed by atoms with Crippen LogP contribution >= 0.6 is 15.9 Å². The Labute approximate surface area is 68.3 Å². The van der Waals surface area contributed by atoms with E-state index in [0.717, 1.165) is 16.7 Å². The van der Waals surface area contributed by atoms with E-state index in [1.807, 2.05) is 6.07 Å². The monoisotopic (exact) mass is 204 g/mol. The van der Waals surface area contributed by atoms with Crippen molar-refractivity contribution >= 4 is 15.9 Å². The van der Waals surface area contributed by atoms with Crippen molar-refractivity contribution < 1.29 is 9.15 Å². The molecule has 2 nitrogen and oxygen atoms in total. The lowest BCUT2D eigenvalue weighted by Crippen LogP contribution is -1.87. The van der Waals surface area contributed by atoms with Gasteiger partial charge in [-0.05, 0) is 6.07 Å². The van der Waals surface area contributed by atoms with Crippen molar-refractivity contribution in [2.75, 3.05) is 7.11 Å². The fourth-order valence-corrected chi connectivity index (χ4v) is 1.26. The van der Waals surface area contributed by atoms with E-state index in [0.29, 0.717) is 6.61 Å². The molecule has 0 spiro atoms. The van der Waals surface area contributed by atoms with Gasteiger partial charge in [0.2, 0.25) is 0 Å². The number of methoxy groups -OCH3 is 1. The number of alkyl halides is 1. The van der Waals surface area contributed by atoms with E-state index in [-0.39, 0.29) is 0 Å². The Hall–Kier alpha value is -0.280. The summed E-state index contributed by atoms with van der Waals surface area (Å²) in [5.74, 6) is 0.946. The molecule has 0 unspecified atom stereocenters. The second kappa shape index (κ2) is 3.78. The van der Waals surface area contributed by atoms with Crippen LogP contribution in [0.3, 0.4) is 0 Å². The van der Waals surface area contributed by atoms with Gasteiger partial charge in [-0.15, -0.1) is 0 Å². The lowest BCUT2D eigenvalue weighted by atomic mass is 10.3. The Morgan fingerprint density at radius 1 is 1.70 bits per heavy atom. The van der Waals surface area contributed by atoms with Gasteiger partial charge in [0.1, 0.15) is 5.76 Å². The third-order valence-corrected chi connectivity index (χ3v) is 1.77. The molecular weight excluding hydrogens is 196 g/mol. The Bertz CT molecular complexity index is 195. The van der Waals surface area contributed by atoms with Gasteiger partial charge in [-0.25, -0.2) is 0 Å². The highest BCUT2D eigenvalue weighted by atomic mass is 79.9. The SMILES string of the molecule is COCc1ccoc1CBr. The first-order valence-corrected chi connectivity index (χ1v) is 4.10. The van der Waals surface area contributed by atoms with Gasteiger partial charge in [-0.3, -0.25) is 0 Å². The fraction of sp³-hybridized carbons (Fsp3) is 0.429. The molecule has 0 N–H and O–H groups in total. The summed E-state index contributed by atoms with van der Waals surface area (Å²) >= 11 is 3.31. The van der Waals surface area contributed by atoms with Crippen LogP contribution in [0.5, 0.6) is 0 Å². The zero-order chi connectivity index (χ0) is 7.40. The van der Waals surface area contributed by atoms with Crippen molar-refractivity contribution in [2.45, 2.75) is 11.9 Å². The lowest BCUT2D eigenvalue weighted by molar-refractivity contribution is 0.183. The minimum absolute atomic E-state index is 0.622. The van der Waals surface area contributed by atoms with Gasteiger partial charge in [-0.1, -0.05) is 15.9 Å². The van der Waals surface area contributed by atoms with E-state index >= 15 is 0 Å². The number of halogens is 1. The maximum atomic E-state index is 5.14. The Morgan fingerprint density at radius 2 is 2.50 bits per heavy atom. The molecule has 1 rings (SSSR count). The molecule has 0 aliphatic carbocycles. The summed E-state index contributed by atoms with van der Waals surface area (Å²) in [6, 6.07) is 1.92. The first-order chi connectivity index (χ1) is 4.88.